The molecule has 9 heteroatoms. The minimum atomic E-state index is -3.13. The second kappa shape index (κ2) is 7.71. The number of amides is 1. The van der Waals surface area contributed by atoms with Crippen LogP contribution in [0.5, 0.6) is 0 Å². The lowest BCUT2D eigenvalue weighted by molar-refractivity contribution is -0.117. The first-order valence-corrected chi connectivity index (χ1v) is 12.0. The summed E-state index contributed by atoms with van der Waals surface area (Å²) in [5, 5.41) is 1.11. The Kier molecular flexibility index (Phi) is 5.44. The van der Waals surface area contributed by atoms with Crippen LogP contribution < -0.4 is 4.90 Å². The third-order valence-electron chi connectivity index (χ3n) is 4.67. The summed E-state index contributed by atoms with van der Waals surface area (Å²) in [6.07, 6.45) is 0.188. The van der Waals surface area contributed by atoms with Crippen LogP contribution in [-0.4, -0.2) is 42.3 Å². The first-order chi connectivity index (χ1) is 13.3. The molecule has 2 aliphatic heterocycles. The van der Waals surface area contributed by atoms with E-state index < -0.39 is 9.84 Å². The van der Waals surface area contributed by atoms with Gasteiger partial charge in [0, 0.05) is 10.9 Å². The number of anilines is 1. The zero-order chi connectivity index (χ0) is 19.9. The third-order valence-corrected chi connectivity index (χ3v) is 8.62. The summed E-state index contributed by atoms with van der Waals surface area (Å²) in [6, 6.07) is 14.2. The quantitative estimate of drug-likeness (QED) is 0.704. The number of amidine groups is 1. The fraction of sp³-hybridized carbons (Fsp3) is 0.263. The van der Waals surface area contributed by atoms with Gasteiger partial charge in [0.1, 0.15) is 0 Å². The van der Waals surface area contributed by atoms with Crippen molar-refractivity contribution in [3.63, 3.8) is 0 Å². The number of fused-ring (bicyclic) bond motifs is 1. The number of hydrogen-bond donors (Lipinski definition) is 0. The van der Waals surface area contributed by atoms with E-state index in [1.807, 2.05) is 35.2 Å². The summed E-state index contributed by atoms with van der Waals surface area (Å²) < 4.78 is 24.2. The van der Waals surface area contributed by atoms with E-state index in [0.29, 0.717) is 20.9 Å². The molecular formula is C19H16Cl2N2O3S2. The van der Waals surface area contributed by atoms with Crippen LogP contribution >= 0.6 is 35.0 Å². The number of halogens is 2. The molecular weight excluding hydrogens is 439 g/mol. The summed E-state index contributed by atoms with van der Waals surface area (Å²) in [5.74, 6) is -0.176. The molecule has 146 valence electrons. The maximum atomic E-state index is 12.5. The van der Waals surface area contributed by atoms with Crippen molar-refractivity contribution in [1.29, 1.82) is 0 Å². The van der Waals surface area contributed by atoms with Gasteiger partial charge in [0.25, 0.3) is 5.91 Å². The van der Waals surface area contributed by atoms with E-state index >= 15 is 0 Å². The SMILES string of the molecule is O=C(Cc1ccccc1)N=C1S[C@@H]2CS(=O)(=O)C[C@@H]2N1c1ccc(Cl)c(Cl)c1. The molecule has 0 aromatic heterocycles. The summed E-state index contributed by atoms with van der Waals surface area (Å²) in [4.78, 5) is 18.6. The molecule has 0 saturated carbocycles. The van der Waals surface area contributed by atoms with Gasteiger partial charge < -0.3 is 4.90 Å². The largest absolute Gasteiger partial charge is 0.316 e. The molecule has 2 aliphatic rings. The smallest absolute Gasteiger partial charge is 0.252 e. The Bertz CT molecular complexity index is 1060. The van der Waals surface area contributed by atoms with Crippen LogP contribution in [0.15, 0.2) is 53.5 Å². The van der Waals surface area contributed by atoms with Crippen LogP contribution in [0.3, 0.4) is 0 Å². The average molecular weight is 455 g/mol. The Morgan fingerprint density at radius 3 is 2.57 bits per heavy atom. The van der Waals surface area contributed by atoms with Crippen molar-refractivity contribution >= 4 is 61.6 Å². The summed E-state index contributed by atoms with van der Waals surface area (Å²) in [5.41, 5.74) is 1.56. The lowest BCUT2D eigenvalue weighted by Crippen LogP contribution is -2.37. The van der Waals surface area contributed by atoms with Gasteiger partial charge in [-0.25, -0.2) is 8.42 Å². The van der Waals surface area contributed by atoms with Crippen LogP contribution in [-0.2, 0) is 21.1 Å². The molecule has 2 atom stereocenters. The summed E-state index contributed by atoms with van der Waals surface area (Å²) in [7, 11) is -3.13. The molecule has 2 aromatic rings. The molecule has 0 spiro atoms. The number of benzene rings is 2. The molecule has 0 N–H and O–H groups in total. The number of carbonyl (C=O) groups is 1. The topological polar surface area (TPSA) is 66.8 Å². The van der Waals surface area contributed by atoms with Crippen LogP contribution in [0, 0.1) is 0 Å². The molecule has 0 radical (unpaired) electrons. The van der Waals surface area contributed by atoms with Gasteiger partial charge >= 0.3 is 0 Å². The second-order valence-corrected chi connectivity index (χ2v) is 10.9. The van der Waals surface area contributed by atoms with Crippen molar-refractivity contribution in [1.82, 2.24) is 0 Å². The van der Waals surface area contributed by atoms with Gasteiger partial charge in [-0.1, -0.05) is 65.3 Å². The van der Waals surface area contributed by atoms with Crippen LogP contribution in [0.1, 0.15) is 5.56 Å². The van der Waals surface area contributed by atoms with Crippen LogP contribution in [0.2, 0.25) is 10.0 Å². The molecule has 2 heterocycles. The number of carbonyl (C=O) groups excluding carboxylic acids is 1. The molecule has 2 fully saturated rings. The van der Waals surface area contributed by atoms with E-state index in [0.717, 1.165) is 5.56 Å². The maximum Gasteiger partial charge on any atom is 0.252 e. The highest BCUT2D eigenvalue weighted by molar-refractivity contribution is 8.16. The van der Waals surface area contributed by atoms with E-state index in [-0.39, 0.29) is 35.1 Å². The Balaban J connectivity index is 1.67. The van der Waals surface area contributed by atoms with Gasteiger partial charge in [-0.05, 0) is 23.8 Å². The monoisotopic (exact) mass is 454 g/mol. The van der Waals surface area contributed by atoms with Crippen LogP contribution in [0.25, 0.3) is 0 Å². The van der Waals surface area contributed by atoms with E-state index in [9.17, 15) is 13.2 Å². The number of thioether (sulfide) groups is 1. The third kappa shape index (κ3) is 4.08. The lowest BCUT2D eigenvalue weighted by atomic mass is 10.1. The van der Waals surface area contributed by atoms with Gasteiger partial charge in [-0.2, -0.15) is 4.99 Å². The number of rotatable bonds is 3. The highest BCUT2D eigenvalue weighted by Gasteiger charge is 2.49. The van der Waals surface area contributed by atoms with Gasteiger partial charge in [0.2, 0.25) is 0 Å². The number of nitrogens with zero attached hydrogens (tertiary/aromatic N) is 2. The van der Waals surface area contributed by atoms with Crippen molar-refractivity contribution in [2.45, 2.75) is 17.7 Å². The van der Waals surface area contributed by atoms with E-state index in [1.54, 1.807) is 18.2 Å². The Hall–Kier alpha value is -1.54. The Labute approximate surface area is 177 Å². The van der Waals surface area contributed by atoms with Gasteiger partial charge in [0.15, 0.2) is 15.0 Å². The Morgan fingerprint density at radius 2 is 1.86 bits per heavy atom. The van der Waals surface area contributed by atoms with Crippen LogP contribution in [0.4, 0.5) is 5.69 Å². The molecule has 4 rings (SSSR count). The molecule has 1 amide bonds. The van der Waals surface area contributed by atoms with Crippen molar-refractivity contribution in [3.05, 3.63) is 64.1 Å². The predicted molar refractivity (Wildman–Crippen MR) is 115 cm³/mol. The first kappa shape index (κ1) is 19.8. The highest BCUT2D eigenvalue weighted by Crippen LogP contribution is 2.42. The molecule has 0 bridgehead atoms. The van der Waals surface area contributed by atoms with Crippen molar-refractivity contribution in [2.24, 2.45) is 4.99 Å². The maximum absolute atomic E-state index is 12.5. The number of hydrogen-bond acceptors (Lipinski definition) is 4. The number of aliphatic imine (C=N–C) groups is 1. The standard InChI is InChI=1S/C19H16Cl2N2O3S2/c20-14-7-6-13(9-15(14)21)23-16-10-28(25,26)11-17(16)27-19(23)22-18(24)8-12-4-2-1-3-5-12/h1-7,9,16-17H,8,10-11H2/t16-,17+/m0/s1. The fourth-order valence-corrected chi connectivity index (χ4v) is 7.64. The summed E-state index contributed by atoms with van der Waals surface area (Å²) in [6.45, 7) is 0. The molecule has 0 aliphatic carbocycles. The van der Waals surface area contributed by atoms with E-state index in [2.05, 4.69) is 4.99 Å². The van der Waals surface area contributed by atoms with E-state index in [4.69, 9.17) is 23.2 Å². The van der Waals surface area contributed by atoms with E-state index in [1.165, 1.54) is 11.8 Å². The number of sulfone groups is 1. The second-order valence-electron chi connectivity index (χ2n) is 6.72. The normalized spacial score (nSPS) is 24.5. The molecule has 28 heavy (non-hydrogen) atoms. The minimum Gasteiger partial charge on any atom is -0.316 e. The van der Waals surface area contributed by atoms with Gasteiger partial charge in [-0.3, -0.25) is 4.79 Å². The molecule has 5 nitrogen and oxygen atoms in total. The molecule has 2 aromatic carbocycles. The fourth-order valence-electron chi connectivity index (χ4n) is 3.42. The van der Waals surface area contributed by atoms with Crippen molar-refractivity contribution in [3.8, 4) is 0 Å². The minimum absolute atomic E-state index is 0.0246. The average Bonchev–Trinajstić information content (AvgIpc) is 3.09. The van der Waals surface area contributed by atoms with Gasteiger partial charge in [0.05, 0.1) is 34.0 Å². The van der Waals surface area contributed by atoms with Crippen molar-refractivity contribution < 1.29 is 13.2 Å². The first-order valence-electron chi connectivity index (χ1n) is 8.59. The van der Waals surface area contributed by atoms with Gasteiger partial charge in [-0.15, -0.1) is 0 Å². The van der Waals surface area contributed by atoms with Crippen molar-refractivity contribution in [2.75, 3.05) is 16.4 Å². The predicted octanol–water partition coefficient (Wildman–Crippen LogP) is 3.84. The molecule has 2 saturated heterocycles. The lowest BCUT2D eigenvalue weighted by Gasteiger charge is -2.24. The summed E-state index contributed by atoms with van der Waals surface area (Å²) >= 11 is 13.5. The highest BCUT2D eigenvalue weighted by atomic mass is 35.5. The zero-order valence-electron chi connectivity index (χ0n) is 14.6. The molecule has 0 unspecified atom stereocenters. The zero-order valence-corrected chi connectivity index (χ0v) is 17.7. The Morgan fingerprint density at radius 1 is 1.11 bits per heavy atom.